The van der Waals surface area contributed by atoms with Gasteiger partial charge in [0.15, 0.2) is 0 Å². The molecule has 128 heavy (non-hydrogen) atoms. The average molecular weight is 1700 g/mol. The number of para-hydroxylation sites is 3. The van der Waals surface area contributed by atoms with E-state index in [1.807, 2.05) is 57.8 Å². The Hall–Kier alpha value is -14.0. The maximum Gasteiger partial charge on any atom is 0.227 e. The van der Waals surface area contributed by atoms with Crippen molar-refractivity contribution in [1.29, 1.82) is 0 Å². The number of anilines is 4. The fourth-order valence-electron chi connectivity index (χ4n) is 21.4. The Morgan fingerprint density at radius 1 is 0.305 bits per heavy atom. The number of hydrogen-bond donors (Lipinski definition) is 0. The topological polar surface area (TPSA) is 176 Å². The lowest BCUT2D eigenvalue weighted by Gasteiger charge is -2.42. The van der Waals surface area contributed by atoms with Gasteiger partial charge in [-0.25, -0.2) is 29.9 Å². The second kappa shape index (κ2) is 30.9. The third-order valence-electron chi connectivity index (χ3n) is 27.6. The first-order chi connectivity index (χ1) is 61.1. The Bertz CT molecular complexity index is 7130. The van der Waals surface area contributed by atoms with Crippen LogP contribution >= 0.6 is 0 Å². The van der Waals surface area contributed by atoms with Crippen molar-refractivity contribution in [3.8, 4) is 0 Å². The summed E-state index contributed by atoms with van der Waals surface area (Å²) in [6.45, 7) is 44.0. The van der Waals surface area contributed by atoms with E-state index in [4.69, 9.17) is 22.7 Å². The zero-order valence-corrected chi connectivity index (χ0v) is 77.9. The molecule has 0 bridgehead atoms. The average Bonchev–Trinajstić information content (AvgIpc) is 1.56. The summed E-state index contributed by atoms with van der Waals surface area (Å²) in [7, 11) is 8.33. The van der Waals surface area contributed by atoms with Crippen molar-refractivity contribution in [1.82, 2.24) is 67.8 Å². The first-order valence-electron chi connectivity index (χ1n) is 44.4. The molecule has 22 heteroatoms. The number of hydrogen-bond acceptors (Lipinski definition) is 18. The van der Waals surface area contributed by atoms with Gasteiger partial charge in [0.05, 0.1) is 33.2 Å². The smallest absolute Gasteiger partial charge is 0.227 e. The SMILES string of the molecule is Cc1ccc2c(n1)oc1ccc(C)c(C(C)(C)N3C=CN(c4cc5ccccc5n4C)[C@H]3C)c12.Cc1ccc2c(n1)oc1ccc(C)c(C(C)(C)N3C=CN(c4cccn4C)[C@H]3C)c12.Cc1ccc2c(n1)oc1ccc(C)c(C(C)(C)N3C=CN(c4nc5ccccc5n4C)[C@H]3C)c12.Cc1ccc2c(n1)oc1ccc(C)c(C(C)(C)N3C=CN(c4nccn4C)[C@H]3C)c12. The highest BCUT2D eigenvalue weighted by molar-refractivity contribution is 6.10. The van der Waals surface area contributed by atoms with Gasteiger partial charge in [-0.2, -0.15) is 0 Å². The number of benzene rings is 6. The fraction of sp³-hybridized carbons (Fsp3) is 0.302. The van der Waals surface area contributed by atoms with Gasteiger partial charge in [0, 0.05) is 173 Å². The molecule has 22 nitrogen and oxygen atoms in total. The zero-order chi connectivity index (χ0) is 90.0. The van der Waals surface area contributed by atoms with E-state index >= 15 is 0 Å². The van der Waals surface area contributed by atoms with Crippen LogP contribution in [0.2, 0.25) is 0 Å². The van der Waals surface area contributed by atoms with E-state index in [1.165, 1.54) is 72.4 Å². The molecule has 0 spiro atoms. The number of aromatic nitrogens is 10. The van der Waals surface area contributed by atoms with Crippen LogP contribution in [0.3, 0.4) is 0 Å². The Kier molecular flexibility index (Phi) is 20.2. The van der Waals surface area contributed by atoms with Gasteiger partial charge in [-0.1, -0.05) is 54.6 Å². The van der Waals surface area contributed by atoms with Crippen LogP contribution < -0.4 is 19.6 Å². The summed E-state index contributed by atoms with van der Waals surface area (Å²) in [5, 5.41) is 10.2. The van der Waals surface area contributed by atoms with E-state index in [-0.39, 0.29) is 46.8 Å². The number of rotatable bonds is 12. The number of pyridine rings is 4. The second-order valence-electron chi connectivity index (χ2n) is 37.3. The van der Waals surface area contributed by atoms with E-state index in [0.717, 1.165) is 106 Å². The minimum absolute atomic E-state index is 0.0821. The summed E-state index contributed by atoms with van der Waals surface area (Å²) >= 11 is 0. The monoisotopic (exact) mass is 1700 g/mol. The summed E-state index contributed by atoms with van der Waals surface area (Å²) in [6, 6.07) is 57.0. The number of fused-ring (bicyclic) bond motifs is 14. The number of nitrogens with zero attached hydrogens (tertiary/aromatic N) is 18. The van der Waals surface area contributed by atoms with Gasteiger partial charge in [-0.3, -0.25) is 9.80 Å². The highest BCUT2D eigenvalue weighted by Crippen LogP contribution is 2.50. The summed E-state index contributed by atoms with van der Waals surface area (Å²) in [6.07, 6.45) is 23.8. The van der Waals surface area contributed by atoms with Crippen LogP contribution in [-0.2, 0) is 50.3 Å². The largest absolute Gasteiger partial charge is 0.438 e. The maximum atomic E-state index is 6.19. The van der Waals surface area contributed by atoms with E-state index in [2.05, 4.69) is 423 Å². The predicted molar refractivity (Wildman–Crippen MR) is 520 cm³/mol. The molecule has 4 aliphatic rings. The number of furan rings is 4. The van der Waals surface area contributed by atoms with Gasteiger partial charge in [0.2, 0.25) is 34.8 Å². The lowest BCUT2D eigenvalue weighted by molar-refractivity contribution is 0.153. The van der Waals surface area contributed by atoms with Crippen molar-refractivity contribution in [2.75, 3.05) is 19.6 Å². The Balaban J connectivity index is 0.000000111. The molecule has 0 amide bonds. The highest BCUT2D eigenvalue weighted by atomic mass is 16.4. The molecule has 22 rings (SSSR count). The van der Waals surface area contributed by atoms with E-state index in [0.29, 0.717) is 22.9 Å². The molecule has 0 saturated carbocycles. The third-order valence-corrected chi connectivity index (χ3v) is 27.6. The number of imidazole rings is 2. The molecule has 4 atom stereocenters. The molecule has 652 valence electrons. The van der Waals surface area contributed by atoms with Crippen LogP contribution in [-0.4, -0.2) is 92.4 Å². The lowest BCUT2D eigenvalue weighted by Crippen LogP contribution is -2.47. The fourth-order valence-corrected chi connectivity index (χ4v) is 21.4. The summed E-state index contributed by atoms with van der Waals surface area (Å²) < 4.78 is 33.3. The van der Waals surface area contributed by atoms with Crippen LogP contribution in [0, 0.1) is 55.4 Å². The molecule has 4 aliphatic heterocycles. The van der Waals surface area contributed by atoms with Crippen molar-refractivity contribution in [3.05, 3.63) is 299 Å². The quantitative estimate of drug-likeness (QED) is 0.113. The van der Waals surface area contributed by atoms with Gasteiger partial charge < -0.3 is 65.3 Å². The zero-order valence-electron chi connectivity index (χ0n) is 77.9. The van der Waals surface area contributed by atoms with Crippen molar-refractivity contribution in [2.45, 2.75) is 185 Å². The minimum Gasteiger partial charge on any atom is -0.438 e. The third kappa shape index (κ3) is 13.5. The molecule has 6 aromatic carbocycles. The molecular weight excluding hydrogens is 1590 g/mol. The number of aryl methyl sites for hydroxylation is 12. The molecule has 18 aromatic rings. The highest BCUT2D eigenvalue weighted by Gasteiger charge is 2.45. The normalized spacial score (nSPS) is 16.8. The first kappa shape index (κ1) is 83.5. The van der Waals surface area contributed by atoms with E-state index in [9.17, 15) is 0 Å². The molecule has 0 aliphatic carbocycles. The van der Waals surface area contributed by atoms with Crippen LogP contribution in [0.1, 0.15) is 150 Å². The van der Waals surface area contributed by atoms with Crippen LogP contribution in [0.15, 0.2) is 250 Å². The molecule has 0 saturated heterocycles. The molecule has 0 fully saturated rings. The van der Waals surface area contributed by atoms with Gasteiger partial charge in [0.25, 0.3) is 0 Å². The van der Waals surface area contributed by atoms with Crippen LogP contribution in [0.4, 0.5) is 23.5 Å². The maximum absolute atomic E-state index is 6.19. The van der Waals surface area contributed by atoms with Gasteiger partial charge in [-0.15, -0.1) is 0 Å². The van der Waals surface area contributed by atoms with Crippen molar-refractivity contribution < 1.29 is 17.7 Å². The van der Waals surface area contributed by atoms with Gasteiger partial charge in [0.1, 0.15) is 58.6 Å². The molecular formula is C106H114N18O4. The van der Waals surface area contributed by atoms with Gasteiger partial charge in [-0.05, 0) is 292 Å². The molecule has 12 aromatic heterocycles. The summed E-state index contributed by atoms with van der Waals surface area (Å²) in [4.78, 5) is 46.8. The van der Waals surface area contributed by atoms with E-state index in [1.54, 1.807) is 0 Å². The molecule has 0 unspecified atom stereocenters. The second-order valence-corrected chi connectivity index (χ2v) is 37.3. The Morgan fingerprint density at radius 2 is 0.648 bits per heavy atom. The van der Waals surface area contributed by atoms with Crippen molar-refractivity contribution >= 4 is 134 Å². The summed E-state index contributed by atoms with van der Waals surface area (Å²) in [5.74, 6) is 4.24. The molecule has 0 radical (unpaired) electrons. The Labute approximate surface area is 747 Å². The van der Waals surface area contributed by atoms with Gasteiger partial charge >= 0.3 is 0 Å². The summed E-state index contributed by atoms with van der Waals surface area (Å²) in [5.41, 5.74) is 22.6. The van der Waals surface area contributed by atoms with Crippen molar-refractivity contribution in [2.24, 2.45) is 28.2 Å². The van der Waals surface area contributed by atoms with Crippen molar-refractivity contribution in [3.63, 3.8) is 0 Å². The first-order valence-corrected chi connectivity index (χ1v) is 44.4. The van der Waals surface area contributed by atoms with E-state index < -0.39 is 0 Å². The molecule has 16 heterocycles. The van der Waals surface area contributed by atoms with Crippen LogP contribution in [0.25, 0.3) is 110 Å². The predicted octanol–water partition coefficient (Wildman–Crippen LogP) is 24.3. The molecule has 0 N–H and O–H groups in total. The minimum atomic E-state index is -0.305. The Morgan fingerprint density at radius 3 is 1.00 bits per heavy atom. The van der Waals surface area contributed by atoms with Crippen LogP contribution in [0.5, 0.6) is 0 Å². The lowest BCUT2D eigenvalue weighted by atomic mass is 9.85. The standard InChI is InChI=1S/C29H30N4O.C28H29N5O.C25H28N4O.C24H27N5O/c1-18-11-14-24-26(22-13-12-19(2)30-28(22)34-24)27(18)29(4,5)33-16-15-32(20(33)3)25-17-21-9-7-8-10-23(21)31(25)6;1-17-11-14-23-24(20-13-12-18(2)29-26(20)34-23)25(17)28(4,5)33-16-15-32(19(33)3)27-30-21-9-7-8-10-22(21)31(27)6;1-16-9-12-20-22(19-11-10-17(2)26-24(19)30-20)23(16)25(4,5)29-15-14-28(18(29)3)21-8-7-13-27(21)6;1-15-7-10-19-20(18-9-8-16(2)26-22(18)30-19)21(15)24(4,5)29-14-13-28(17(29)3)23-25-11-12-27(23)6/h7-17,20H,1-6H3;7-16,19H,1-6H3;7-15,18H,1-6H3;7-14,17H,1-6H3/t20-;19-;18-;17-/m1111/s1.